The standard InChI is InChI=1S/C23H24FN5O3/c1-16-21(25-26-29(16)17-8-10-18(32-2)11-9-17)23(31)28-13-5-12-27(14-15-28)22(30)19-6-3-4-7-20(19)24/h3-4,6-11H,5,12-15H2,1-2H3. The minimum absolute atomic E-state index is 0.0468. The molecule has 166 valence electrons. The summed E-state index contributed by atoms with van der Waals surface area (Å²) in [7, 11) is 1.60. The highest BCUT2D eigenvalue weighted by atomic mass is 19.1. The second kappa shape index (κ2) is 9.17. The Balaban J connectivity index is 1.47. The first kappa shape index (κ1) is 21.5. The fraction of sp³-hybridized carbons (Fsp3) is 0.304. The number of amides is 2. The van der Waals surface area contributed by atoms with Gasteiger partial charge in [-0.3, -0.25) is 9.59 Å². The van der Waals surface area contributed by atoms with E-state index >= 15 is 0 Å². The molecular formula is C23H24FN5O3. The zero-order chi connectivity index (χ0) is 22.7. The number of hydrogen-bond donors (Lipinski definition) is 0. The molecule has 3 aromatic rings. The average molecular weight is 437 g/mol. The third-order valence-electron chi connectivity index (χ3n) is 5.59. The van der Waals surface area contributed by atoms with Gasteiger partial charge in [-0.2, -0.15) is 0 Å². The van der Waals surface area contributed by atoms with E-state index in [-0.39, 0.29) is 23.1 Å². The Bertz CT molecular complexity index is 1130. The molecule has 0 saturated carbocycles. The van der Waals surface area contributed by atoms with E-state index < -0.39 is 5.82 Å². The maximum atomic E-state index is 14.0. The molecule has 2 amide bonds. The molecular weight excluding hydrogens is 413 g/mol. The average Bonchev–Trinajstić information content (AvgIpc) is 3.03. The van der Waals surface area contributed by atoms with Crippen LogP contribution in [0.4, 0.5) is 4.39 Å². The van der Waals surface area contributed by atoms with Gasteiger partial charge >= 0.3 is 0 Å². The van der Waals surface area contributed by atoms with E-state index in [4.69, 9.17) is 4.74 Å². The molecule has 1 aliphatic rings. The number of hydrogen-bond acceptors (Lipinski definition) is 5. The molecule has 2 heterocycles. The number of methoxy groups -OCH3 is 1. The summed E-state index contributed by atoms with van der Waals surface area (Å²) in [6.45, 7) is 3.39. The molecule has 8 nitrogen and oxygen atoms in total. The normalized spacial score (nSPS) is 14.2. The molecule has 4 rings (SSSR count). The van der Waals surface area contributed by atoms with Gasteiger partial charge in [0.25, 0.3) is 11.8 Å². The van der Waals surface area contributed by atoms with Gasteiger partial charge < -0.3 is 14.5 Å². The molecule has 9 heteroatoms. The third-order valence-corrected chi connectivity index (χ3v) is 5.59. The number of carbonyl (C=O) groups excluding carboxylic acids is 2. The number of halogens is 1. The zero-order valence-electron chi connectivity index (χ0n) is 18.0. The van der Waals surface area contributed by atoms with Gasteiger partial charge in [0, 0.05) is 26.2 Å². The van der Waals surface area contributed by atoms with E-state index in [1.165, 1.54) is 12.1 Å². The largest absolute Gasteiger partial charge is 0.497 e. The molecule has 32 heavy (non-hydrogen) atoms. The monoisotopic (exact) mass is 437 g/mol. The van der Waals surface area contributed by atoms with Crippen molar-refractivity contribution in [1.82, 2.24) is 24.8 Å². The molecule has 0 bridgehead atoms. The van der Waals surface area contributed by atoms with Gasteiger partial charge in [0.05, 0.1) is 24.1 Å². The Hall–Kier alpha value is -3.75. The molecule has 1 aliphatic heterocycles. The van der Waals surface area contributed by atoms with Crippen LogP contribution in [0.2, 0.25) is 0 Å². The van der Waals surface area contributed by atoms with Gasteiger partial charge in [0.15, 0.2) is 5.69 Å². The van der Waals surface area contributed by atoms with Crippen molar-refractivity contribution >= 4 is 11.8 Å². The highest BCUT2D eigenvalue weighted by Crippen LogP contribution is 2.19. The van der Waals surface area contributed by atoms with E-state index in [0.717, 1.165) is 11.4 Å². The first-order valence-electron chi connectivity index (χ1n) is 10.4. The van der Waals surface area contributed by atoms with Crippen LogP contribution in [-0.2, 0) is 0 Å². The van der Waals surface area contributed by atoms with Gasteiger partial charge in [0.2, 0.25) is 0 Å². The third kappa shape index (κ3) is 4.18. The molecule has 0 unspecified atom stereocenters. The van der Waals surface area contributed by atoms with Crippen molar-refractivity contribution in [2.75, 3.05) is 33.3 Å². The molecule has 0 N–H and O–H groups in total. The van der Waals surface area contributed by atoms with Gasteiger partial charge in [-0.15, -0.1) is 5.10 Å². The van der Waals surface area contributed by atoms with Crippen molar-refractivity contribution in [2.45, 2.75) is 13.3 Å². The van der Waals surface area contributed by atoms with Crippen LogP contribution >= 0.6 is 0 Å². The highest BCUT2D eigenvalue weighted by molar-refractivity contribution is 5.95. The fourth-order valence-corrected chi connectivity index (χ4v) is 3.77. The molecule has 0 aliphatic carbocycles. The summed E-state index contributed by atoms with van der Waals surface area (Å²) >= 11 is 0. The summed E-state index contributed by atoms with van der Waals surface area (Å²) in [6.07, 6.45) is 0.595. The lowest BCUT2D eigenvalue weighted by Crippen LogP contribution is -2.38. The van der Waals surface area contributed by atoms with Crippen molar-refractivity contribution in [3.63, 3.8) is 0 Å². The van der Waals surface area contributed by atoms with Crippen LogP contribution in [0.1, 0.15) is 33.0 Å². The molecule has 1 saturated heterocycles. The summed E-state index contributed by atoms with van der Waals surface area (Å²) in [4.78, 5) is 29.1. The lowest BCUT2D eigenvalue weighted by molar-refractivity contribution is 0.0712. The predicted molar refractivity (Wildman–Crippen MR) is 115 cm³/mol. The number of rotatable bonds is 4. The second-order valence-electron chi connectivity index (χ2n) is 7.55. The van der Waals surface area contributed by atoms with Crippen LogP contribution in [0.3, 0.4) is 0 Å². The van der Waals surface area contributed by atoms with E-state index in [2.05, 4.69) is 10.3 Å². The van der Waals surface area contributed by atoms with Crippen molar-refractivity contribution < 1.29 is 18.7 Å². The minimum atomic E-state index is -0.541. The lowest BCUT2D eigenvalue weighted by atomic mass is 10.2. The topological polar surface area (TPSA) is 80.6 Å². The molecule has 1 fully saturated rings. The quantitative estimate of drug-likeness (QED) is 0.627. The molecule has 0 spiro atoms. The Labute approximate surface area is 185 Å². The Morgan fingerprint density at radius 2 is 1.59 bits per heavy atom. The van der Waals surface area contributed by atoms with Crippen LogP contribution in [-0.4, -0.2) is 69.9 Å². The van der Waals surface area contributed by atoms with Crippen molar-refractivity contribution in [1.29, 1.82) is 0 Å². The highest BCUT2D eigenvalue weighted by Gasteiger charge is 2.27. The number of carbonyl (C=O) groups is 2. The molecule has 1 aromatic heterocycles. The van der Waals surface area contributed by atoms with Crippen LogP contribution in [0.25, 0.3) is 5.69 Å². The SMILES string of the molecule is COc1ccc(-n2nnc(C(=O)N3CCCN(C(=O)c4ccccc4F)CC3)c2C)cc1. The van der Waals surface area contributed by atoms with Gasteiger partial charge in [-0.25, -0.2) is 9.07 Å². The van der Waals surface area contributed by atoms with Gasteiger partial charge in [-0.1, -0.05) is 17.3 Å². The summed E-state index contributed by atoms with van der Waals surface area (Å²) < 4.78 is 20.8. The summed E-state index contributed by atoms with van der Waals surface area (Å²) in [5.74, 6) is -0.413. The van der Waals surface area contributed by atoms with Crippen LogP contribution in [0.15, 0.2) is 48.5 Å². The lowest BCUT2D eigenvalue weighted by Gasteiger charge is -2.22. The first-order valence-corrected chi connectivity index (χ1v) is 10.4. The number of benzene rings is 2. The maximum Gasteiger partial charge on any atom is 0.276 e. The van der Waals surface area contributed by atoms with E-state index in [9.17, 15) is 14.0 Å². The van der Waals surface area contributed by atoms with Crippen molar-refractivity contribution in [3.8, 4) is 11.4 Å². The van der Waals surface area contributed by atoms with Crippen molar-refractivity contribution in [2.24, 2.45) is 0 Å². The molecule has 0 atom stereocenters. The molecule has 2 aromatic carbocycles. The first-order chi connectivity index (χ1) is 15.5. The molecule has 0 radical (unpaired) electrons. The Morgan fingerprint density at radius 1 is 0.938 bits per heavy atom. The summed E-state index contributed by atoms with van der Waals surface area (Å²) in [6, 6.07) is 13.2. The second-order valence-corrected chi connectivity index (χ2v) is 7.55. The minimum Gasteiger partial charge on any atom is -0.497 e. The fourth-order valence-electron chi connectivity index (χ4n) is 3.77. The Kier molecular flexibility index (Phi) is 6.16. The van der Waals surface area contributed by atoms with E-state index in [1.54, 1.807) is 40.6 Å². The van der Waals surface area contributed by atoms with Crippen LogP contribution < -0.4 is 4.74 Å². The maximum absolute atomic E-state index is 14.0. The predicted octanol–water partition coefficient (Wildman–Crippen LogP) is 2.71. The summed E-state index contributed by atoms with van der Waals surface area (Å²) in [5, 5.41) is 8.26. The number of aromatic nitrogens is 3. The van der Waals surface area contributed by atoms with E-state index in [1.807, 2.05) is 24.3 Å². The van der Waals surface area contributed by atoms with Crippen LogP contribution in [0.5, 0.6) is 5.75 Å². The zero-order valence-corrected chi connectivity index (χ0v) is 18.0. The number of nitrogens with zero attached hydrogens (tertiary/aromatic N) is 5. The van der Waals surface area contributed by atoms with E-state index in [0.29, 0.717) is 38.3 Å². The summed E-state index contributed by atoms with van der Waals surface area (Å²) in [5.41, 5.74) is 1.72. The van der Waals surface area contributed by atoms with Crippen molar-refractivity contribution in [3.05, 3.63) is 71.3 Å². The smallest absolute Gasteiger partial charge is 0.276 e. The number of ether oxygens (including phenoxy) is 1. The van der Waals surface area contributed by atoms with Crippen LogP contribution in [0, 0.1) is 12.7 Å². The van der Waals surface area contributed by atoms with Gasteiger partial charge in [-0.05, 0) is 49.7 Å². The van der Waals surface area contributed by atoms with Gasteiger partial charge in [0.1, 0.15) is 11.6 Å². The Morgan fingerprint density at radius 3 is 2.25 bits per heavy atom.